The highest BCUT2D eigenvalue weighted by Gasteiger charge is 2.12. The van der Waals surface area contributed by atoms with Crippen LogP contribution in [0.2, 0.25) is 0 Å². The number of oxime groups is 1. The molecule has 3 atom stereocenters. The highest BCUT2D eigenvalue weighted by Crippen LogP contribution is 1.99. The molecule has 0 fully saturated rings. The number of hydrogen-bond donors (Lipinski definition) is 3. The Bertz CT molecular complexity index is 233. The smallest absolute Gasteiger partial charge is 0.156 e. The molecule has 0 aromatic carbocycles. The zero-order valence-electron chi connectivity index (χ0n) is 9.56. The van der Waals surface area contributed by atoms with Gasteiger partial charge in [-0.15, -0.1) is 0 Å². The van der Waals surface area contributed by atoms with Gasteiger partial charge in [-0.1, -0.05) is 19.0 Å². The fraction of sp³-hybridized carbons (Fsp3) is 0.889. The molecular weight excluding hydrogens is 214 g/mol. The molecule has 90 valence electrons. The normalized spacial score (nSPS) is 18.5. The molecule has 4 N–H and O–H groups in total. The average molecular weight is 235 g/mol. The summed E-state index contributed by atoms with van der Waals surface area (Å²) >= 11 is 0. The Kier molecular flexibility index (Phi) is 7.33. The van der Waals surface area contributed by atoms with Gasteiger partial charge in [-0.3, -0.25) is 4.21 Å². The molecule has 0 heterocycles. The predicted molar refractivity (Wildman–Crippen MR) is 63.6 cm³/mol. The third kappa shape index (κ3) is 5.74. The maximum Gasteiger partial charge on any atom is 0.156 e. The molecule has 5 nitrogen and oxygen atoms in total. The van der Waals surface area contributed by atoms with Crippen LogP contribution in [0, 0.1) is 0 Å². The van der Waals surface area contributed by atoms with Crippen LogP contribution in [-0.2, 0) is 10.8 Å². The van der Waals surface area contributed by atoms with Crippen molar-refractivity contribution in [3.8, 4) is 0 Å². The van der Waals surface area contributed by atoms with Crippen molar-refractivity contribution >= 4 is 16.6 Å². The summed E-state index contributed by atoms with van der Waals surface area (Å²) in [6.45, 7) is 4.62. The first-order chi connectivity index (χ1) is 7.02. The third-order valence-corrected chi connectivity index (χ3v) is 3.76. The summed E-state index contributed by atoms with van der Waals surface area (Å²) in [4.78, 5) is 0. The lowest BCUT2D eigenvalue weighted by Crippen LogP contribution is -2.42. The molecule has 0 aliphatic heterocycles. The van der Waals surface area contributed by atoms with Crippen LogP contribution in [0.4, 0.5) is 0 Å². The van der Waals surface area contributed by atoms with Gasteiger partial charge in [-0.05, 0) is 19.4 Å². The summed E-state index contributed by atoms with van der Waals surface area (Å²) < 4.78 is 11.1. The lowest BCUT2D eigenvalue weighted by Gasteiger charge is -2.16. The van der Waals surface area contributed by atoms with E-state index in [0.717, 1.165) is 19.4 Å². The first-order valence-corrected chi connectivity index (χ1v) is 6.68. The molecule has 0 aromatic rings. The van der Waals surface area contributed by atoms with E-state index in [1.807, 2.05) is 13.8 Å². The molecule has 6 heteroatoms. The van der Waals surface area contributed by atoms with Gasteiger partial charge in [-0.25, -0.2) is 0 Å². The van der Waals surface area contributed by atoms with E-state index in [1.54, 1.807) is 6.26 Å². The Morgan fingerprint density at radius 1 is 1.67 bits per heavy atom. The summed E-state index contributed by atoms with van der Waals surface area (Å²) in [6.07, 6.45) is 3.28. The quantitative estimate of drug-likeness (QED) is 0.256. The molecule has 0 radical (unpaired) electrons. The summed E-state index contributed by atoms with van der Waals surface area (Å²) in [7, 11) is -0.790. The number of nitrogens with two attached hydrogens (primary N) is 1. The van der Waals surface area contributed by atoms with Crippen molar-refractivity contribution in [1.29, 1.82) is 0 Å². The minimum atomic E-state index is -0.790. The van der Waals surface area contributed by atoms with Gasteiger partial charge in [0.05, 0.1) is 6.04 Å². The number of nitrogens with zero attached hydrogens (tertiary/aromatic N) is 1. The Labute approximate surface area is 93.6 Å². The van der Waals surface area contributed by atoms with Crippen LogP contribution in [0.15, 0.2) is 5.16 Å². The first kappa shape index (κ1) is 14.4. The molecule has 0 bridgehead atoms. The standard InChI is InChI=1S/C9H21N3O2S/c1-4-8(9(10)12-13)11-6-5-7(2)15(3)14/h7-8,11,13H,4-6H2,1-3H3,(H2,10,12). The second-order valence-electron chi connectivity index (χ2n) is 3.54. The van der Waals surface area contributed by atoms with Gasteiger partial charge in [0, 0.05) is 22.3 Å². The molecule has 15 heavy (non-hydrogen) atoms. The highest BCUT2D eigenvalue weighted by molar-refractivity contribution is 7.84. The largest absolute Gasteiger partial charge is 0.409 e. The fourth-order valence-electron chi connectivity index (χ4n) is 1.15. The first-order valence-electron chi connectivity index (χ1n) is 5.05. The van der Waals surface area contributed by atoms with E-state index in [2.05, 4.69) is 10.5 Å². The van der Waals surface area contributed by atoms with E-state index in [4.69, 9.17) is 10.9 Å². The van der Waals surface area contributed by atoms with Crippen LogP contribution < -0.4 is 11.1 Å². The Morgan fingerprint density at radius 3 is 2.67 bits per heavy atom. The van der Waals surface area contributed by atoms with Crippen molar-refractivity contribution in [2.75, 3.05) is 12.8 Å². The van der Waals surface area contributed by atoms with Crippen LogP contribution >= 0.6 is 0 Å². The molecule has 0 spiro atoms. The SMILES string of the molecule is CCC(NCCC(C)S(C)=O)C(N)=NO. The van der Waals surface area contributed by atoms with Crippen molar-refractivity contribution < 1.29 is 9.42 Å². The zero-order chi connectivity index (χ0) is 11.8. The molecule has 0 aliphatic carbocycles. The van der Waals surface area contributed by atoms with Crippen LogP contribution in [0.1, 0.15) is 26.7 Å². The maximum atomic E-state index is 11.1. The molecule has 0 amide bonds. The zero-order valence-corrected chi connectivity index (χ0v) is 10.4. The van der Waals surface area contributed by atoms with Gasteiger partial charge < -0.3 is 16.3 Å². The number of rotatable bonds is 7. The summed E-state index contributed by atoms with van der Waals surface area (Å²) in [5.74, 6) is 0.197. The van der Waals surface area contributed by atoms with E-state index < -0.39 is 10.8 Å². The van der Waals surface area contributed by atoms with Crippen LogP contribution in [0.25, 0.3) is 0 Å². The van der Waals surface area contributed by atoms with Crippen molar-refractivity contribution in [2.24, 2.45) is 10.9 Å². The molecule has 0 rings (SSSR count). The van der Waals surface area contributed by atoms with Crippen molar-refractivity contribution in [3.05, 3.63) is 0 Å². The molecule has 3 unspecified atom stereocenters. The van der Waals surface area contributed by atoms with Crippen LogP contribution in [-0.4, -0.2) is 39.3 Å². The van der Waals surface area contributed by atoms with Crippen molar-refractivity contribution in [3.63, 3.8) is 0 Å². The maximum absolute atomic E-state index is 11.1. The van der Waals surface area contributed by atoms with E-state index in [0.29, 0.717) is 0 Å². The van der Waals surface area contributed by atoms with Gasteiger partial charge in [-0.2, -0.15) is 0 Å². The number of hydrogen-bond acceptors (Lipinski definition) is 4. The minimum Gasteiger partial charge on any atom is -0.409 e. The minimum absolute atomic E-state index is 0.104. The van der Waals surface area contributed by atoms with E-state index >= 15 is 0 Å². The summed E-state index contributed by atoms with van der Waals surface area (Å²) in [6, 6.07) is -0.104. The van der Waals surface area contributed by atoms with E-state index in [-0.39, 0.29) is 17.1 Å². The van der Waals surface area contributed by atoms with Gasteiger partial charge >= 0.3 is 0 Å². The lowest BCUT2D eigenvalue weighted by molar-refractivity contribution is 0.314. The molecule has 0 saturated heterocycles. The molecule has 0 saturated carbocycles. The van der Waals surface area contributed by atoms with Gasteiger partial charge in [0.25, 0.3) is 0 Å². The molecular formula is C9H21N3O2S. The van der Waals surface area contributed by atoms with E-state index in [9.17, 15) is 4.21 Å². The average Bonchev–Trinajstić information content (AvgIpc) is 2.22. The van der Waals surface area contributed by atoms with E-state index in [1.165, 1.54) is 0 Å². The summed E-state index contributed by atoms with van der Waals surface area (Å²) in [5, 5.41) is 14.8. The lowest BCUT2D eigenvalue weighted by atomic mass is 10.2. The predicted octanol–water partition coefficient (Wildman–Crippen LogP) is 0.258. The fourth-order valence-corrected chi connectivity index (χ4v) is 1.60. The van der Waals surface area contributed by atoms with Gasteiger partial charge in [0.1, 0.15) is 0 Å². The van der Waals surface area contributed by atoms with Crippen LogP contribution in [0.3, 0.4) is 0 Å². The van der Waals surface area contributed by atoms with Gasteiger partial charge in [0.2, 0.25) is 0 Å². The van der Waals surface area contributed by atoms with Crippen LogP contribution in [0.5, 0.6) is 0 Å². The van der Waals surface area contributed by atoms with Crippen molar-refractivity contribution in [2.45, 2.75) is 38.0 Å². The second-order valence-corrected chi connectivity index (χ2v) is 5.34. The number of amidine groups is 1. The summed E-state index contributed by atoms with van der Waals surface area (Å²) in [5.41, 5.74) is 5.48. The Balaban J connectivity index is 3.88. The number of nitrogens with one attached hydrogen (secondary N) is 1. The monoisotopic (exact) mass is 235 g/mol. The second kappa shape index (κ2) is 7.64. The topological polar surface area (TPSA) is 87.7 Å². The molecule has 0 aliphatic rings. The highest BCUT2D eigenvalue weighted by atomic mass is 32.2. The Morgan fingerprint density at radius 2 is 2.27 bits per heavy atom. The third-order valence-electron chi connectivity index (χ3n) is 2.39. The van der Waals surface area contributed by atoms with Crippen molar-refractivity contribution in [1.82, 2.24) is 5.32 Å². The Hall–Kier alpha value is -0.620. The molecule has 0 aromatic heterocycles. The van der Waals surface area contributed by atoms with Gasteiger partial charge in [0.15, 0.2) is 5.84 Å².